The summed E-state index contributed by atoms with van der Waals surface area (Å²) in [6.45, 7) is 15.6. The van der Waals surface area contributed by atoms with Gasteiger partial charge in [-0.1, -0.05) is 77.2 Å². The fourth-order valence-electron chi connectivity index (χ4n) is 11.0. The van der Waals surface area contributed by atoms with E-state index in [1.807, 2.05) is 37.3 Å². The van der Waals surface area contributed by atoms with Crippen molar-refractivity contribution in [2.75, 3.05) is 41.0 Å². The zero-order chi connectivity index (χ0) is 57.9. The Hall–Kier alpha value is -3.94. The smallest absolute Gasteiger partial charge is 0.329 e. The number of carbonyl (C=O) groups is 6. The number of aliphatic hydroxyl groups excluding tert-OH is 1. The molecule has 3 saturated heterocycles. The average molecular weight is 1060 g/mol. The van der Waals surface area contributed by atoms with Crippen LogP contribution in [0.25, 0.3) is 0 Å². The summed E-state index contributed by atoms with van der Waals surface area (Å²) in [7, 11) is 0.0434. The van der Waals surface area contributed by atoms with Crippen molar-refractivity contribution in [2.24, 2.45) is 40.9 Å². The van der Waals surface area contributed by atoms with E-state index in [0.717, 1.165) is 4.90 Å². The number of fused-ring (bicyclic) bond motifs is 3. The van der Waals surface area contributed by atoms with Crippen LogP contribution in [-0.4, -0.2) is 152 Å². The van der Waals surface area contributed by atoms with Crippen LogP contribution in [0.5, 0.6) is 0 Å². The zero-order valence-corrected chi connectivity index (χ0v) is 46.3. The molecule has 1 saturated carbocycles. The summed E-state index contributed by atoms with van der Waals surface area (Å²) in [5.74, 6) is -10.8. The molecular formula is C58H89NO16. The summed E-state index contributed by atoms with van der Waals surface area (Å²) >= 11 is 0. The van der Waals surface area contributed by atoms with Gasteiger partial charge in [-0.15, -0.1) is 0 Å². The molecule has 1 aliphatic carbocycles. The number of carbonyl (C=O) groups excluding carboxylic acids is 6. The minimum Gasteiger partial charge on any atom is -0.460 e. The molecule has 0 unspecified atom stereocenters. The lowest BCUT2D eigenvalue weighted by Crippen LogP contribution is -2.60. The van der Waals surface area contributed by atoms with Gasteiger partial charge in [-0.05, 0) is 115 Å². The summed E-state index contributed by atoms with van der Waals surface area (Å²) < 4.78 is 70.8. The van der Waals surface area contributed by atoms with Crippen LogP contribution in [-0.2, 0) is 66.7 Å². The van der Waals surface area contributed by atoms with E-state index in [0.29, 0.717) is 50.5 Å². The van der Waals surface area contributed by atoms with Crippen LogP contribution in [0.3, 0.4) is 0 Å². The Bertz CT molecular complexity index is 2200. The third kappa shape index (κ3) is 16.3. The lowest BCUT2D eigenvalue weighted by atomic mass is 9.78. The number of ketones is 3. The summed E-state index contributed by atoms with van der Waals surface area (Å²) in [6.07, 6.45) is 9.38. The predicted molar refractivity (Wildman–Crippen MR) is 278 cm³/mol. The summed E-state index contributed by atoms with van der Waals surface area (Å²) in [5.41, 5.74) is -0.832. The van der Waals surface area contributed by atoms with Crippen LogP contribution >= 0.6 is 0 Å². The summed E-state index contributed by atoms with van der Waals surface area (Å²) in [5, 5.41) is 23.5. The van der Waals surface area contributed by atoms with Gasteiger partial charge in [0.15, 0.2) is 11.6 Å². The molecule has 2 bridgehead atoms. The first-order chi connectivity index (χ1) is 36.5. The highest BCUT2D eigenvalue weighted by atomic mass is 16.7. The lowest BCUT2D eigenvalue weighted by molar-refractivity contribution is -0.283. The van der Waals surface area contributed by atoms with Gasteiger partial charge in [-0.2, -0.15) is 0 Å². The van der Waals surface area contributed by atoms with Crippen molar-refractivity contribution in [3.05, 3.63) is 48.1 Å². The van der Waals surface area contributed by atoms with E-state index < -0.39 is 120 Å². The van der Waals surface area contributed by atoms with Crippen LogP contribution in [0.15, 0.2) is 48.1 Å². The SMILES string of the molecule is [2H]C([2H])([2H])O[C@@H]1C[C@H](C[C@@H](C)[C@@H]2CC(=O)[C@H](C)/C=C(\C)[C@@H](O)[C@@H](OC)C(=O)[C@H](C)C[C@H](C)/C=C/C=C/C=C/[C@@H](OC)C[C@@H]3CC[C@@H](C)[C@@](O)(O3)C(=O)C(=O)N3CCCC[C@H]3C(=O)O2)CC[C@H]1OC(=O)C1(C)COC(C)(C)OC1. The standard InChI is InChI=1S/C58H89NO16/c1-35-19-15-13-14-16-20-42(68-10)31-43-24-22-40(6)58(67,75-43)52(63)53(64)59-26-18-17-21-44(59)54(65)73-47(32-45(60)36(2)28-39(5)50(62)51(70-12)49(61)38(4)27-35)37(3)29-41-23-25-46(48(30-41)69-11)74-55(66)57(9)33-71-56(7,8)72-34-57/h13-16,19-20,28,35-38,40-44,46-48,50-51,62,67H,17-18,21-27,29-34H2,1-12H3/b14-13+,19-15+,20-16+,39-28+/t35-,36-,37-,38-,40-,41+,42-,43+,44+,46-,47+,48-,50-,51+,58-/m1/s1/i11D3. The minimum absolute atomic E-state index is 0.0125. The second-order valence-corrected chi connectivity index (χ2v) is 22.9. The Balaban J connectivity index is 1.45. The first-order valence-electron chi connectivity index (χ1n) is 28.6. The van der Waals surface area contributed by atoms with Crippen LogP contribution in [0, 0.1) is 40.9 Å². The topological polar surface area (TPSA) is 220 Å². The molecule has 75 heavy (non-hydrogen) atoms. The molecule has 15 atom stereocenters. The number of methoxy groups -OCH3 is 3. The van der Waals surface area contributed by atoms with Gasteiger partial charge >= 0.3 is 11.9 Å². The molecule has 0 aromatic carbocycles. The highest BCUT2D eigenvalue weighted by Gasteiger charge is 2.53. The second-order valence-electron chi connectivity index (χ2n) is 22.9. The van der Waals surface area contributed by atoms with Gasteiger partial charge in [0, 0.05) is 58.4 Å². The lowest BCUT2D eigenvalue weighted by Gasteiger charge is -2.42. The van der Waals surface area contributed by atoms with Gasteiger partial charge in [0.05, 0.1) is 35.6 Å². The highest BCUT2D eigenvalue weighted by Crippen LogP contribution is 2.39. The van der Waals surface area contributed by atoms with E-state index in [2.05, 4.69) is 0 Å². The Morgan fingerprint density at radius 1 is 0.867 bits per heavy atom. The zero-order valence-electron chi connectivity index (χ0n) is 49.3. The van der Waals surface area contributed by atoms with Gasteiger partial charge in [-0.25, -0.2) is 4.79 Å². The van der Waals surface area contributed by atoms with Gasteiger partial charge in [0.2, 0.25) is 5.79 Å². The predicted octanol–water partition coefficient (Wildman–Crippen LogP) is 7.13. The average Bonchev–Trinajstić information content (AvgIpc) is 3.38. The largest absolute Gasteiger partial charge is 0.460 e. The van der Waals surface area contributed by atoms with Gasteiger partial charge in [0.1, 0.15) is 41.7 Å². The summed E-state index contributed by atoms with van der Waals surface area (Å²) in [4.78, 5) is 86.3. The number of rotatable bonds is 8. The Labute approximate surface area is 449 Å². The number of allylic oxidation sites excluding steroid dienone is 6. The fraction of sp³-hybridized carbons (Fsp3) is 0.759. The van der Waals surface area contributed by atoms with Crippen LogP contribution in [0.4, 0.5) is 0 Å². The molecule has 422 valence electrons. The number of amides is 1. The number of piperidine rings is 1. The van der Waals surface area contributed by atoms with Crippen molar-refractivity contribution in [1.82, 2.24) is 4.90 Å². The third-order valence-electron chi connectivity index (χ3n) is 16.1. The molecule has 4 aliphatic heterocycles. The number of ether oxygens (including phenoxy) is 8. The minimum atomic E-state index is -2.84. The van der Waals surface area contributed by atoms with Gasteiger partial charge in [-0.3, -0.25) is 24.0 Å². The quantitative estimate of drug-likeness (QED) is 0.140. The molecule has 5 aliphatic rings. The van der Waals surface area contributed by atoms with Crippen LogP contribution in [0.1, 0.15) is 143 Å². The van der Waals surface area contributed by atoms with E-state index >= 15 is 0 Å². The van der Waals surface area contributed by atoms with E-state index in [9.17, 15) is 39.0 Å². The highest BCUT2D eigenvalue weighted by molar-refractivity contribution is 6.39. The number of hydrogen-bond donors (Lipinski definition) is 2. The van der Waals surface area contributed by atoms with Gasteiger partial charge < -0.3 is 53.0 Å². The Kier molecular flexibility index (Phi) is 21.1. The van der Waals surface area contributed by atoms with E-state index in [1.165, 1.54) is 14.2 Å². The molecule has 0 aromatic heterocycles. The van der Waals surface area contributed by atoms with Crippen molar-refractivity contribution in [3.8, 4) is 0 Å². The molecule has 17 heteroatoms. The molecule has 1 amide bonds. The molecule has 0 radical (unpaired) electrons. The number of nitrogens with zero attached hydrogens (tertiary/aromatic N) is 1. The Morgan fingerprint density at radius 3 is 2.23 bits per heavy atom. The number of Topliss-reactive ketones (excluding diaryl/α,β-unsaturated/α-hetero) is 3. The molecule has 0 aromatic rings. The van der Waals surface area contributed by atoms with Gasteiger partial charge in [0.25, 0.3) is 11.7 Å². The molecular weight excluding hydrogens is 967 g/mol. The fourth-order valence-corrected chi connectivity index (χ4v) is 11.0. The third-order valence-corrected chi connectivity index (χ3v) is 16.1. The maximum absolute atomic E-state index is 14.6. The van der Waals surface area contributed by atoms with Crippen LogP contribution in [0.2, 0.25) is 0 Å². The monoisotopic (exact) mass is 1060 g/mol. The number of aliphatic hydroxyl groups is 2. The molecule has 4 heterocycles. The van der Waals surface area contributed by atoms with Crippen LogP contribution < -0.4 is 0 Å². The Morgan fingerprint density at radius 2 is 1.56 bits per heavy atom. The van der Waals surface area contributed by atoms with Crippen molar-refractivity contribution < 1.29 is 81.0 Å². The maximum atomic E-state index is 14.6. The molecule has 5 rings (SSSR count). The van der Waals surface area contributed by atoms with Crippen molar-refractivity contribution in [3.63, 3.8) is 0 Å². The van der Waals surface area contributed by atoms with Crippen molar-refractivity contribution in [2.45, 2.75) is 200 Å². The van der Waals surface area contributed by atoms with Crippen molar-refractivity contribution in [1.29, 1.82) is 0 Å². The van der Waals surface area contributed by atoms with E-state index in [4.69, 9.17) is 42.0 Å². The first kappa shape index (κ1) is 57.2. The van der Waals surface area contributed by atoms with E-state index in [1.54, 1.807) is 67.5 Å². The van der Waals surface area contributed by atoms with E-state index in [-0.39, 0.29) is 75.3 Å². The molecule has 2 N–H and O–H groups in total. The summed E-state index contributed by atoms with van der Waals surface area (Å²) in [6, 6.07) is -1.25. The molecule has 0 spiro atoms. The molecule has 4 fully saturated rings. The second kappa shape index (κ2) is 27.6. The normalized spacial score (nSPS) is 39.5. The first-order valence-corrected chi connectivity index (χ1v) is 27.1. The number of esters is 2. The molecule has 17 nitrogen and oxygen atoms in total. The number of hydrogen-bond acceptors (Lipinski definition) is 16. The maximum Gasteiger partial charge on any atom is 0.329 e. The van der Waals surface area contributed by atoms with Crippen molar-refractivity contribution >= 4 is 35.2 Å². The number of cyclic esters (lactones) is 1.